The van der Waals surface area contributed by atoms with Gasteiger partial charge in [0.15, 0.2) is 0 Å². The molecule has 1 aromatic rings. The van der Waals surface area contributed by atoms with Crippen LogP contribution in [-0.2, 0) is 15.7 Å². The molecule has 1 fully saturated rings. The van der Waals surface area contributed by atoms with E-state index in [-0.39, 0.29) is 17.9 Å². The minimum Gasteiger partial charge on any atom is -0.450 e. The van der Waals surface area contributed by atoms with Crippen molar-refractivity contribution in [2.24, 2.45) is 5.92 Å². The van der Waals surface area contributed by atoms with Crippen molar-refractivity contribution in [3.8, 4) is 0 Å². The lowest BCUT2D eigenvalue weighted by atomic mass is 9.95. The highest BCUT2D eigenvalue weighted by Crippen LogP contribution is 2.30. The van der Waals surface area contributed by atoms with Gasteiger partial charge in [-0.3, -0.25) is 4.79 Å². The van der Waals surface area contributed by atoms with Crippen LogP contribution in [0.15, 0.2) is 24.3 Å². The average molecular weight is 372 g/mol. The third kappa shape index (κ3) is 5.12. The Morgan fingerprint density at radius 1 is 1.23 bits per heavy atom. The molecule has 1 heterocycles. The van der Waals surface area contributed by atoms with Crippen LogP contribution in [0.4, 0.5) is 18.0 Å². The number of piperidine rings is 1. The summed E-state index contributed by atoms with van der Waals surface area (Å²) in [4.78, 5) is 25.6. The second kappa shape index (κ2) is 8.42. The summed E-state index contributed by atoms with van der Waals surface area (Å²) in [5.74, 6) is -0.376. The minimum atomic E-state index is -4.38. The van der Waals surface area contributed by atoms with Crippen molar-refractivity contribution < 1.29 is 27.5 Å². The maximum Gasteiger partial charge on any atom is 0.416 e. The van der Waals surface area contributed by atoms with E-state index in [4.69, 9.17) is 4.74 Å². The van der Waals surface area contributed by atoms with Crippen molar-refractivity contribution in [2.45, 2.75) is 38.9 Å². The maximum absolute atomic E-state index is 12.6. The Bertz CT molecular complexity index is 624. The van der Waals surface area contributed by atoms with Crippen LogP contribution in [-0.4, -0.2) is 36.6 Å². The number of benzene rings is 1. The summed E-state index contributed by atoms with van der Waals surface area (Å²) in [6.07, 6.45) is -3.68. The van der Waals surface area contributed by atoms with Gasteiger partial charge in [0.2, 0.25) is 5.91 Å². The van der Waals surface area contributed by atoms with Crippen molar-refractivity contribution in [3.05, 3.63) is 35.4 Å². The Hall–Kier alpha value is -2.25. The molecule has 5 nitrogen and oxygen atoms in total. The van der Waals surface area contributed by atoms with Crippen LogP contribution in [0.1, 0.15) is 43.9 Å². The number of carbonyl (C=O) groups excluding carboxylic acids is 2. The molecule has 0 spiro atoms. The molecule has 2 rings (SSSR count). The molecule has 1 aliphatic heterocycles. The molecule has 0 radical (unpaired) electrons. The smallest absolute Gasteiger partial charge is 0.416 e. The van der Waals surface area contributed by atoms with Crippen molar-refractivity contribution in [1.82, 2.24) is 10.2 Å². The second-order valence-corrected chi connectivity index (χ2v) is 6.31. The molecule has 26 heavy (non-hydrogen) atoms. The molecule has 144 valence electrons. The lowest BCUT2D eigenvalue weighted by Crippen LogP contribution is -2.43. The highest BCUT2D eigenvalue weighted by Gasteiger charge is 2.31. The monoisotopic (exact) mass is 372 g/mol. The number of carbonyl (C=O) groups is 2. The van der Waals surface area contributed by atoms with Crippen LogP contribution in [0.5, 0.6) is 0 Å². The van der Waals surface area contributed by atoms with Gasteiger partial charge in [0.1, 0.15) is 0 Å². The molecule has 1 aliphatic rings. The van der Waals surface area contributed by atoms with Gasteiger partial charge in [-0.25, -0.2) is 4.79 Å². The van der Waals surface area contributed by atoms with E-state index in [0.29, 0.717) is 38.1 Å². The normalized spacial score (nSPS) is 16.9. The topological polar surface area (TPSA) is 58.6 Å². The molecule has 1 atom stereocenters. The molecule has 2 amide bonds. The molecule has 1 saturated heterocycles. The van der Waals surface area contributed by atoms with E-state index in [2.05, 4.69) is 5.32 Å². The molecule has 1 aromatic carbocycles. The van der Waals surface area contributed by atoms with Crippen LogP contribution < -0.4 is 5.32 Å². The van der Waals surface area contributed by atoms with Gasteiger partial charge in [-0.2, -0.15) is 13.2 Å². The molecule has 1 N–H and O–H groups in total. The Balaban J connectivity index is 1.87. The SMILES string of the molecule is CCOC(=O)N1CCC(C(=O)NC(C)c2ccc(C(F)(F)F)cc2)CC1. The van der Waals surface area contributed by atoms with Gasteiger partial charge in [-0.1, -0.05) is 12.1 Å². The number of rotatable bonds is 4. The van der Waals surface area contributed by atoms with Crippen LogP contribution >= 0.6 is 0 Å². The Kier molecular flexibility index (Phi) is 6.50. The zero-order chi connectivity index (χ0) is 19.3. The summed E-state index contributed by atoms with van der Waals surface area (Å²) < 4.78 is 42.8. The first kappa shape index (κ1) is 20.1. The Morgan fingerprint density at radius 3 is 2.31 bits per heavy atom. The highest BCUT2D eigenvalue weighted by atomic mass is 19.4. The molecular formula is C18H23F3N2O3. The predicted octanol–water partition coefficient (Wildman–Crippen LogP) is 3.75. The largest absolute Gasteiger partial charge is 0.450 e. The van der Waals surface area contributed by atoms with Crippen molar-refractivity contribution in [1.29, 1.82) is 0 Å². The van der Waals surface area contributed by atoms with E-state index in [1.54, 1.807) is 18.7 Å². The van der Waals surface area contributed by atoms with Crippen molar-refractivity contribution >= 4 is 12.0 Å². The van der Waals surface area contributed by atoms with Crippen LogP contribution in [0, 0.1) is 5.92 Å². The standard InChI is InChI=1S/C18H23F3N2O3/c1-3-26-17(25)23-10-8-14(9-11-23)16(24)22-12(2)13-4-6-15(7-5-13)18(19,20)21/h4-7,12,14H,3,8-11H2,1-2H3,(H,22,24). The Morgan fingerprint density at radius 2 is 1.81 bits per heavy atom. The van der Waals surface area contributed by atoms with Crippen LogP contribution in [0.3, 0.4) is 0 Å². The maximum atomic E-state index is 12.6. The summed E-state index contributed by atoms with van der Waals surface area (Å²) in [6, 6.07) is 4.37. The van der Waals surface area contributed by atoms with Crippen LogP contribution in [0.25, 0.3) is 0 Å². The molecular weight excluding hydrogens is 349 g/mol. The fraction of sp³-hybridized carbons (Fsp3) is 0.556. The molecule has 8 heteroatoms. The number of amides is 2. The zero-order valence-corrected chi connectivity index (χ0v) is 14.8. The summed E-state index contributed by atoms with van der Waals surface area (Å²) >= 11 is 0. The Labute approximate surface area is 150 Å². The summed E-state index contributed by atoms with van der Waals surface area (Å²) in [5, 5.41) is 2.84. The van der Waals surface area contributed by atoms with Crippen LogP contribution in [0.2, 0.25) is 0 Å². The van der Waals surface area contributed by atoms with Gasteiger partial charge in [0.05, 0.1) is 18.2 Å². The highest BCUT2D eigenvalue weighted by molar-refractivity contribution is 5.79. The van der Waals surface area contributed by atoms with E-state index >= 15 is 0 Å². The first-order valence-electron chi connectivity index (χ1n) is 8.61. The summed E-state index contributed by atoms with van der Waals surface area (Å²) in [5.41, 5.74) is -0.110. The van der Waals surface area contributed by atoms with Crippen molar-refractivity contribution in [2.75, 3.05) is 19.7 Å². The number of likely N-dealkylation sites (tertiary alicyclic amines) is 1. The van der Waals surface area contributed by atoms with E-state index in [1.165, 1.54) is 12.1 Å². The summed E-state index contributed by atoms with van der Waals surface area (Å²) in [7, 11) is 0. The molecule has 1 unspecified atom stereocenters. The van der Waals surface area contributed by atoms with Gasteiger partial charge in [0.25, 0.3) is 0 Å². The van der Waals surface area contributed by atoms with E-state index in [1.807, 2.05) is 0 Å². The first-order chi connectivity index (χ1) is 12.2. The van der Waals surface area contributed by atoms with E-state index in [9.17, 15) is 22.8 Å². The van der Waals surface area contributed by atoms with Gasteiger partial charge in [-0.15, -0.1) is 0 Å². The number of hydrogen-bond acceptors (Lipinski definition) is 3. The second-order valence-electron chi connectivity index (χ2n) is 6.31. The third-order valence-corrected chi connectivity index (χ3v) is 4.49. The molecule has 0 saturated carbocycles. The van der Waals surface area contributed by atoms with Gasteiger partial charge in [-0.05, 0) is 44.4 Å². The van der Waals surface area contributed by atoms with Crippen molar-refractivity contribution in [3.63, 3.8) is 0 Å². The first-order valence-corrected chi connectivity index (χ1v) is 8.61. The number of nitrogens with zero attached hydrogens (tertiary/aromatic N) is 1. The fourth-order valence-corrected chi connectivity index (χ4v) is 2.91. The molecule has 0 aliphatic carbocycles. The molecule has 0 bridgehead atoms. The minimum absolute atomic E-state index is 0.152. The number of nitrogens with one attached hydrogen (secondary N) is 1. The van der Waals surface area contributed by atoms with Gasteiger partial charge < -0.3 is 15.0 Å². The lowest BCUT2D eigenvalue weighted by molar-refractivity contribution is -0.137. The number of alkyl halides is 3. The lowest BCUT2D eigenvalue weighted by Gasteiger charge is -2.31. The van der Waals surface area contributed by atoms with E-state index in [0.717, 1.165) is 12.1 Å². The van der Waals surface area contributed by atoms with E-state index < -0.39 is 17.8 Å². The third-order valence-electron chi connectivity index (χ3n) is 4.49. The number of halogens is 3. The number of ether oxygens (including phenoxy) is 1. The quantitative estimate of drug-likeness (QED) is 0.876. The molecule has 0 aromatic heterocycles. The van der Waals surface area contributed by atoms with Gasteiger partial charge in [0, 0.05) is 19.0 Å². The number of hydrogen-bond donors (Lipinski definition) is 1. The van der Waals surface area contributed by atoms with Gasteiger partial charge >= 0.3 is 12.3 Å². The summed E-state index contributed by atoms with van der Waals surface area (Å²) in [6.45, 7) is 4.68. The fourth-order valence-electron chi connectivity index (χ4n) is 2.91. The average Bonchev–Trinajstić information content (AvgIpc) is 2.61. The predicted molar refractivity (Wildman–Crippen MR) is 89.3 cm³/mol. The zero-order valence-electron chi connectivity index (χ0n) is 14.8.